The van der Waals surface area contributed by atoms with Crippen molar-refractivity contribution in [1.82, 2.24) is 20.2 Å². The van der Waals surface area contributed by atoms with Gasteiger partial charge >= 0.3 is 350 Å². The summed E-state index contributed by atoms with van der Waals surface area (Å²) in [6.45, 7) is 14.4. The zero-order valence-corrected chi connectivity index (χ0v) is 41.7. The number of hydrogen-bond donors (Lipinski definition) is 0. The molecule has 2 aromatic heterocycles. The van der Waals surface area contributed by atoms with Gasteiger partial charge in [-0.2, -0.15) is 0 Å². The first-order valence-corrected chi connectivity index (χ1v) is 37.9. The Balaban J connectivity index is 1.83. The van der Waals surface area contributed by atoms with Gasteiger partial charge in [-0.15, -0.1) is 0 Å². The third kappa shape index (κ3) is 10.2. The van der Waals surface area contributed by atoms with Crippen LogP contribution in [0.25, 0.3) is 11.4 Å². The molecule has 7 heteroatoms. The van der Waals surface area contributed by atoms with Gasteiger partial charge in [0.2, 0.25) is 0 Å². The number of benzene rings is 3. The predicted octanol–water partition coefficient (Wildman–Crippen LogP) is 13.4. The maximum atomic E-state index is 5.64. The molecule has 5 aromatic rings. The summed E-state index contributed by atoms with van der Waals surface area (Å²) < 4.78 is 12.5. The van der Waals surface area contributed by atoms with Gasteiger partial charge in [0, 0.05) is 0 Å². The van der Waals surface area contributed by atoms with E-state index in [1.54, 1.807) is 2.89 Å². The van der Waals surface area contributed by atoms with Crippen molar-refractivity contribution in [1.29, 1.82) is 0 Å². The van der Waals surface area contributed by atoms with Crippen LogP contribution >= 0.6 is 11.3 Å². The van der Waals surface area contributed by atoms with Gasteiger partial charge in [0.05, 0.1) is 0 Å². The van der Waals surface area contributed by atoms with Gasteiger partial charge in [0.15, 0.2) is 0 Å². The van der Waals surface area contributed by atoms with Gasteiger partial charge in [-0.1, -0.05) is 0 Å². The molecule has 0 amide bonds. The van der Waals surface area contributed by atoms with Crippen LogP contribution in [-0.4, -0.2) is 57.0 Å². The predicted molar refractivity (Wildman–Crippen MR) is 245 cm³/mol. The molecule has 2 heterocycles. The van der Waals surface area contributed by atoms with E-state index in [1.807, 2.05) is 7.69 Å². The van der Waals surface area contributed by atoms with Gasteiger partial charge < -0.3 is 0 Å². The Bertz CT molecular complexity index is 1660. The molecule has 0 aliphatic heterocycles. The Labute approximate surface area is 347 Å². The van der Waals surface area contributed by atoms with E-state index in [0.29, 0.717) is 0 Å². The van der Waals surface area contributed by atoms with Gasteiger partial charge in [-0.3, -0.25) is 0 Å². The van der Waals surface area contributed by atoms with Crippen molar-refractivity contribution in [3.63, 3.8) is 0 Å². The molecule has 0 spiro atoms. The fourth-order valence-electron chi connectivity index (χ4n) is 9.11. The molecule has 5 rings (SSSR count). The van der Waals surface area contributed by atoms with Gasteiger partial charge in [-0.25, -0.2) is 0 Å². The topological polar surface area (TPSA) is 43.6 Å². The Morgan fingerprint density at radius 2 is 0.873 bits per heavy atom. The van der Waals surface area contributed by atoms with Crippen LogP contribution in [0.15, 0.2) is 97.1 Å². The molecule has 0 unspecified atom stereocenters. The minimum atomic E-state index is -2.95. The molecule has 4 nitrogen and oxygen atoms in total. The minimum absolute atomic E-state index is 0.770. The van der Waals surface area contributed by atoms with Crippen molar-refractivity contribution in [3.05, 3.63) is 114 Å². The van der Waals surface area contributed by atoms with Crippen LogP contribution in [0.2, 0.25) is 26.6 Å². The molecule has 0 saturated carbocycles. The molecule has 0 aliphatic carbocycles. The average molecular weight is 973 g/mol. The molecular weight excluding hydrogens is 902 g/mol. The molecule has 0 saturated heterocycles. The molecule has 55 heavy (non-hydrogen) atoms. The number of hydrogen-bond acceptors (Lipinski definition) is 4. The van der Waals surface area contributed by atoms with Gasteiger partial charge in [-0.05, 0) is 0 Å². The fourth-order valence-corrected chi connectivity index (χ4v) is 51.7. The van der Waals surface area contributed by atoms with E-state index in [-0.39, 0.29) is 0 Å². The number of aromatic nitrogens is 4. The SMILES string of the molecule is CCC[CH2][Sn]([CH2]CCC)([CH2]CCC)[c]1cc(-c2nnn(C(c3ccccc3)(c3ccccc3)c3ccccc3)n2)[c]([Sn]([CH2]CCC)([CH2]CCC)[CH2]CCC)s1. The second kappa shape index (κ2) is 22.3. The van der Waals surface area contributed by atoms with E-state index in [9.17, 15) is 0 Å². The Kier molecular flexibility index (Phi) is 17.9. The standard InChI is InChI=1S/C24H16N4S.6C4H9.2Sn/c1-4-10-20(11-5-1)24(21-12-6-2-7-13-21,22-14-8-3-9-15-22)28-26-23(25-27-28)19-16-17-29-18-19;6*1-3-4-2;;/h1-16H;6*1,3-4H2,2H3;;. The van der Waals surface area contributed by atoms with Crippen LogP contribution in [0.4, 0.5) is 0 Å². The molecule has 0 bridgehead atoms. The summed E-state index contributed by atoms with van der Waals surface area (Å²) in [7, 11) is 0. The molecule has 0 aliphatic rings. The summed E-state index contributed by atoms with van der Waals surface area (Å²) in [6, 6.07) is 35.3. The molecule has 0 fully saturated rings. The van der Waals surface area contributed by atoms with Crippen LogP contribution in [0.3, 0.4) is 0 Å². The van der Waals surface area contributed by atoms with E-state index in [2.05, 4.69) is 150 Å². The number of nitrogens with zero attached hydrogens (tertiary/aromatic N) is 4. The first-order valence-electron chi connectivity index (χ1n) is 22.1. The second-order valence-corrected chi connectivity index (χ2v) is 45.5. The summed E-state index contributed by atoms with van der Waals surface area (Å²) >= 11 is -3.39. The van der Waals surface area contributed by atoms with Crippen LogP contribution < -0.4 is 5.79 Å². The van der Waals surface area contributed by atoms with Crippen molar-refractivity contribution >= 4 is 53.9 Å². The Morgan fingerprint density at radius 1 is 0.509 bits per heavy atom. The van der Waals surface area contributed by atoms with Gasteiger partial charge in [0.1, 0.15) is 0 Å². The summed E-state index contributed by atoms with van der Waals surface area (Å²) in [6.07, 6.45) is 15.9. The zero-order chi connectivity index (χ0) is 39.0. The van der Waals surface area contributed by atoms with Crippen LogP contribution in [-0.2, 0) is 5.54 Å². The average Bonchev–Trinajstić information content (AvgIpc) is 3.92. The second-order valence-electron chi connectivity index (χ2n) is 16.2. The molecule has 296 valence electrons. The summed E-state index contributed by atoms with van der Waals surface area (Å²) in [5.41, 5.74) is 4.03. The normalized spacial score (nSPS) is 12.4. The van der Waals surface area contributed by atoms with Crippen molar-refractivity contribution < 1.29 is 0 Å². The maximum absolute atomic E-state index is 5.64. The molecule has 0 atom stereocenters. The van der Waals surface area contributed by atoms with Crippen molar-refractivity contribution in [2.24, 2.45) is 0 Å². The van der Waals surface area contributed by atoms with Crippen molar-refractivity contribution in [2.45, 2.75) is 151 Å². The van der Waals surface area contributed by atoms with Crippen LogP contribution in [0.5, 0.6) is 0 Å². The van der Waals surface area contributed by atoms with Crippen LogP contribution in [0, 0.1) is 0 Å². The van der Waals surface area contributed by atoms with E-state index >= 15 is 0 Å². The number of unbranched alkanes of at least 4 members (excludes halogenated alkanes) is 6. The first kappa shape index (κ1) is 44.1. The molecule has 0 N–H and O–H groups in total. The molecule has 3 aromatic carbocycles. The van der Waals surface area contributed by atoms with Crippen molar-refractivity contribution in [2.75, 3.05) is 0 Å². The number of rotatable bonds is 25. The third-order valence-electron chi connectivity index (χ3n) is 12.3. The molecule has 0 radical (unpaired) electrons. The van der Waals surface area contributed by atoms with E-state index < -0.39 is 42.3 Å². The Morgan fingerprint density at radius 3 is 1.24 bits per heavy atom. The van der Waals surface area contributed by atoms with E-state index in [1.165, 1.54) is 109 Å². The number of thiophene rings is 1. The Hall–Kier alpha value is -1.97. The molecular formula is C48H70N4SSn2. The van der Waals surface area contributed by atoms with Gasteiger partial charge in [0.25, 0.3) is 0 Å². The van der Waals surface area contributed by atoms with Crippen molar-refractivity contribution in [3.8, 4) is 11.4 Å². The summed E-state index contributed by atoms with van der Waals surface area (Å²) in [4.78, 5) is 1.98. The monoisotopic (exact) mass is 974 g/mol. The zero-order valence-electron chi connectivity index (χ0n) is 35.2. The number of tetrazole rings is 1. The fraction of sp³-hybridized carbons (Fsp3) is 0.521. The summed E-state index contributed by atoms with van der Waals surface area (Å²) in [5, 5.41) is 16.0. The summed E-state index contributed by atoms with van der Waals surface area (Å²) in [5.74, 6) is 0.858. The van der Waals surface area contributed by atoms with E-state index in [0.717, 1.165) is 22.5 Å². The third-order valence-corrected chi connectivity index (χ3v) is 50.0. The van der Waals surface area contributed by atoms with E-state index in [4.69, 9.17) is 15.4 Å². The quantitative estimate of drug-likeness (QED) is 0.0432. The first-order chi connectivity index (χ1) is 27.0. The van der Waals surface area contributed by atoms with Crippen LogP contribution in [0.1, 0.15) is 135 Å².